The smallest absolute Gasteiger partial charge is 0.243 e. The van der Waals surface area contributed by atoms with Crippen molar-refractivity contribution in [1.82, 2.24) is 15.6 Å². The molecule has 2 amide bonds. The fourth-order valence-corrected chi connectivity index (χ4v) is 4.65. The second kappa shape index (κ2) is 8.07. The Morgan fingerprint density at radius 2 is 2.16 bits per heavy atom. The first-order chi connectivity index (χ1) is 12.0. The Morgan fingerprint density at radius 3 is 2.88 bits per heavy atom. The lowest BCUT2D eigenvalue weighted by atomic mass is 10.0. The van der Waals surface area contributed by atoms with Crippen LogP contribution in [0, 0.1) is 6.92 Å². The van der Waals surface area contributed by atoms with Gasteiger partial charge in [-0.1, -0.05) is 6.42 Å². The Balaban J connectivity index is 1.67. The van der Waals surface area contributed by atoms with Gasteiger partial charge in [-0.2, -0.15) is 0 Å². The van der Waals surface area contributed by atoms with Crippen molar-refractivity contribution in [1.29, 1.82) is 0 Å². The predicted molar refractivity (Wildman–Crippen MR) is 102 cm³/mol. The summed E-state index contributed by atoms with van der Waals surface area (Å²) >= 11 is 3.10. The van der Waals surface area contributed by atoms with Gasteiger partial charge in [0, 0.05) is 16.7 Å². The highest BCUT2D eigenvalue weighted by molar-refractivity contribution is 7.18. The van der Waals surface area contributed by atoms with E-state index < -0.39 is 0 Å². The Hall–Kier alpha value is -1.77. The van der Waals surface area contributed by atoms with E-state index in [-0.39, 0.29) is 17.9 Å². The number of carbonyl (C=O) groups excluding carboxylic acids is 2. The van der Waals surface area contributed by atoms with Crippen LogP contribution in [-0.4, -0.2) is 29.4 Å². The zero-order valence-electron chi connectivity index (χ0n) is 14.3. The number of anilines is 1. The first-order valence-electron chi connectivity index (χ1n) is 8.38. The molecule has 6 nitrogen and oxygen atoms in total. The maximum Gasteiger partial charge on any atom is 0.243 e. The van der Waals surface area contributed by atoms with E-state index in [2.05, 4.69) is 20.9 Å². The third-order valence-corrected chi connectivity index (χ3v) is 6.04. The third kappa shape index (κ3) is 4.65. The van der Waals surface area contributed by atoms with Crippen LogP contribution in [0.2, 0.25) is 0 Å². The van der Waals surface area contributed by atoms with E-state index in [1.54, 1.807) is 11.3 Å². The average Bonchev–Trinajstić information content (AvgIpc) is 3.20. The summed E-state index contributed by atoms with van der Waals surface area (Å²) in [6.07, 6.45) is 3.09. The number of nitrogens with zero attached hydrogens (tertiary/aromatic N) is 1. The first-order valence-corrected chi connectivity index (χ1v) is 10.0. The molecule has 3 heterocycles. The summed E-state index contributed by atoms with van der Waals surface area (Å²) in [4.78, 5) is 31.2. The summed E-state index contributed by atoms with van der Waals surface area (Å²) in [5.41, 5.74) is 0.899. The molecule has 1 aliphatic rings. The fraction of sp³-hybridized carbons (Fsp3) is 0.471. The molecule has 8 heteroatoms. The maximum absolute atomic E-state index is 12.3. The Bertz CT molecular complexity index is 763. The van der Waals surface area contributed by atoms with Gasteiger partial charge >= 0.3 is 0 Å². The second-order valence-electron chi connectivity index (χ2n) is 6.09. The van der Waals surface area contributed by atoms with Crippen LogP contribution >= 0.6 is 22.7 Å². The van der Waals surface area contributed by atoms with E-state index in [1.807, 2.05) is 19.1 Å². The molecule has 25 heavy (non-hydrogen) atoms. The molecule has 1 saturated heterocycles. The Morgan fingerprint density at radius 1 is 1.32 bits per heavy atom. The van der Waals surface area contributed by atoms with E-state index in [0.29, 0.717) is 11.7 Å². The highest BCUT2D eigenvalue weighted by Crippen LogP contribution is 2.34. The molecular weight excluding hydrogens is 356 g/mol. The van der Waals surface area contributed by atoms with Gasteiger partial charge in [0.1, 0.15) is 0 Å². The molecule has 2 aromatic rings. The number of carbonyl (C=O) groups is 2. The van der Waals surface area contributed by atoms with E-state index >= 15 is 0 Å². The number of aromatic nitrogens is 1. The predicted octanol–water partition coefficient (Wildman–Crippen LogP) is 2.90. The van der Waals surface area contributed by atoms with E-state index in [4.69, 9.17) is 0 Å². The number of thiophene rings is 1. The van der Waals surface area contributed by atoms with Gasteiger partial charge in [0.25, 0.3) is 0 Å². The van der Waals surface area contributed by atoms with Crippen molar-refractivity contribution in [3.63, 3.8) is 0 Å². The van der Waals surface area contributed by atoms with Crippen LogP contribution in [0.1, 0.15) is 35.9 Å². The maximum atomic E-state index is 12.3. The van der Waals surface area contributed by atoms with E-state index in [9.17, 15) is 9.59 Å². The molecule has 2 aromatic heterocycles. The van der Waals surface area contributed by atoms with Gasteiger partial charge in [-0.05, 0) is 38.4 Å². The van der Waals surface area contributed by atoms with Crippen LogP contribution in [0.4, 0.5) is 5.13 Å². The van der Waals surface area contributed by atoms with Crippen LogP contribution < -0.4 is 16.0 Å². The van der Waals surface area contributed by atoms with Gasteiger partial charge in [-0.3, -0.25) is 9.59 Å². The summed E-state index contributed by atoms with van der Waals surface area (Å²) in [6, 6.07) is 3.89. The highest BCUT2D eigenvalue weighted by atomic mass is 32.1. The van der Waals surface area contributed by atoms with Gasteiger partial charge in [-0.25, -0.2) is 4.98 Å². The number of rotatable bonds is 5. The lowest BCUT2D eigenvalue weighted by molar-refractivity contribution is -0.119. The quantitative estimate of drug-likeness (QED) is 0.747. The topological polar surface area (TPSA) is 83.1 Å². The molecule has 0 radical (unpaired) electrons. The molecular formula is C17H22N4O2S2. The minimum Gasteiger partial charge on any atom is -0.351 e. The molecule has 1 fully saturated rings. The molecule has 3 rings (SSSR count). The Kier molecular flexibility index (Phi) is 5.82. The molecule has 0 aromatic carbocycles. The van der Waals surface area contributed by atoms with Gasteiger partial charge in [0.15, 0.2) is 5.13 Å². The number of nitrogens with one attached hydrogen (secondary N) is 3. The first kappa shape index (κ1) is 18.0. The standard InChI is InChI=1S/C17H22N4O2S2/c1-10-15(14-7-6-12(25-14)9-19-11(2)22)20-17(24-10)21-16(23)13-5-3-4-8-18-13/h6-7,13,18H,3-5,8-9H2,1-2H3,(H,19,22)(H,20,21,23)/t13-/m0/s1. The number of thiazole rings is 1. The van der Waals surface area contributed by atoms with Crippen molar-refractivity contribution >= 4 is 39.6 Å². The van der Waals surface area contributed by atoms with Crippen LogP contribution in [0.25, 0.3) is 10.6 Å². The van der Waals surface area contributed by atoms with Crippen LogP contribution in [0.5, 0.6) is 0 Å². The second-order valence-corrected chi connectivity index (χ2v) is 8.46. The van der Waals surface area contributed by atoms with Crippen molar-refractivity contribution in [3.05, 3.63) is 21.9 Å². The zero-order chi connectivity index (χ0) is 17.8. The van der Waals surface area contributed by atoms with Gasteiger partial charge in [0.05, 0.1) is 23.2 Å². The zero-order valence-corrected chi connectivity index (χ0v) is 16.0. The van der Waals surface area contributed by atoms with Gasteiger partial charge in [-0.15, -0.1) is 22.7 Å². The summed E-state index contributed by atoms with van der Waals surface area (Å²) < 4.78 is 0. The highest BCUT2D eigenvalue weighted by Gasteiger charge is 2.22. The summed E-state index contributed by atoms with van der Waals surface area (Å²) in [6.45, 7) is 4.94. The van der Waals surface area contributed by atoms with Crippen molar-refractivity contribution < 1.29 is 9.59 Å². The number of aryl methyl sites for hydroxylation is 1. The van der Waals surface area contributed by atoms with Crippen LogP contribution in [0.3, 0.4) is 0 Å². The third-order valence-electron chi connectivity index (χ3n) is 4.06. The number of amides is 2. The van der Waals surface area contributed by atoms with E-state index in [0.717, 1.165) is 46.1 Å². The van der Waals surface area contributed by atoms with Crippen molar-refractivity contribution in [3.8, 4) is 10.6 Å². The molecule has 1 aliphatic heterocycles. The lowest BCUT2D eigenvalue weighted by Gasteiger charge is -2.21. The van der Waals surface area contributed by atoms with Crippen molar-refractivity contribution in [2.24, 2.45) is 0 Å². The fourth-order valence-electron chi connectivity index (χ4n) is 2.76. The molecule has 0 bridgehead atoms. The molecule has 0 aliphatic carbocycles. The summed E-state index contributed by atoms with van der Waals surface area (Å²) in [5, 5.41) is 9.63. The lowest BCUT2D eigenvalue weighted by Crippen LogP contribution is -2.43. The monoisotopic (exact) mass is 378 g/mol. The van der Waals surface area contributed by atoms with Gasteiger partial charge in [0.2, 0.25) is 11.8 Å². The Labute approximate surface area is 155 Å². The number of hydrogen-bond acceptors (Lipinski definition) is 6. The molecule has 0 unspecified atom stereocenters. The largest absolute Gasteiger partial charge is 0.351 e. The van der Waals surface area contributed by atoms with Crippen LogP contribution in [-0.2, 0) is 16.1 Å². The molecule has 134 valence electrons. The minimum atomic E-state index is -0.118. The summed E-state index contributed by atoms with van der Waals surface area (Å²) in [7, 11) is 0. The molecule has 0 spiro atoms. The van der Waals surface area contributed by atoms with Crippen molar-refractivity contribution in [2.75, 3.05) is 11.9 Å². The van der Waals surface area contributed by atoms with Crippen molar-refractivity contribution in [2.45, 2.75) is 45.7 Å². The van der Waals surface area contributed by atoms with Gasteiger partial charge < -0.3 is 16.0 Å². The number of piperidine rings is 1. The SMILES string of the molecule is CC(=O)NCc1ccc(-c2nc(NC(=O)[C@@H]3CCCCN3)sc2C)s1. The number of hydrogen-bond donors (Lipinski definition) is 3. The summed E-state index contributed by atoms with van der Waals surface area (Å²) in [5.74, 6) is -0.0429. The molecule has 0 saturated carbocycles. The average molecular weight is 379 g/mol. The molecule has 3 N–H and O–H groups in total. The molecule has 1 atom stereocenters. The van der Waals surface area contributed by atoms with Crippen LogP contribution in [0.15, 0.2) is 12.1 Å². The minimum absolute atomic E-state index is 0.00229. The van der Waals surface area contributed by atoms with E-state index in [1.165, 1.54) is 18.3 Å². The normalized spacial score (nSPS) is 17.3.